The second kappa shape index (κ2) is 14.4. The largest absolute Gasteiger partial charge is 0.481 e. The first-order chi connectivity index (χ1) is 22.0. The predicted molar refractivity (Wildman–Crippen MR) is 183 cm³/mol. The van der Waals surface area contributed by atoms with Gasteiger partial charge in [-0.25, -0.2) is 14.8 Å². The lowest BCUT2D eigenvalue weighted by molar-refractivity contribution is -0.147. The number of benzene rings is 2. The van der Waals surface area contributed by atoms with Gasteiger partial charge in [-0.05, 0) is 46.1 Å². The number of amides is 1. The molecule has 0 bridgehead atoms. The van der Waals surface area contributed by atoms with Gasteiger partial charge in [0.1, 0.15) is 6.04 Å². The minimum Gasteiger partial charge on any atom is -0.481 e. The van der Waals surface area contributed by atoms with E-state index < -0.39 is 36.2 Å². The molecule has 10 heteroatoms. The Balaban J connectivity index is 1.52. The summed E-state index contributed by atoms with van der Waals surface area (Å²) >= 11 is 1.37. The maximum absolute atomic E-state index is 13.3. The van der Waals surface area contributed by atoms with Gasteiger partial charge >= 0.3 is 11.9 Å². The quantitative estimate of drug-likeness (QED) is 0.139. The third-order valence-electron chi connectivity index (χ3n) is 7.85. The molecule has 0 spiro atoms. The molecule has 1 amide bonds. The molecule has 0 saturated carbocycles. The highest BCUT2D eigenvalue weighted by molar-refractivity contribution is 7.14. The van der Waals surface area contributed by atoms with E-state index in [4.69, 9.17) is 5.11 Å². The molecule has 4 aromatic rings. The number of thiophene rings is 1. The number of carboxylic acid groups (broad SMARTS) is 2. The highest BCUT2D eigenvalue weighted by Gasteiger charge is 2.30. The lowest BCUT2D eigenvalue weighted by atomic mass is 9.86. The number of hydrogen-bond donors (Lipinski definition) is 3. The van der Waals surface area contributed by atoms with Gasteiger partial charge in [-0.2, -0.15) is 0 Å². The summed E-state index contributed by atoms with van der Waals surface area (Å²) < 4.78 is 0. The smallest absolute Gasteiger partial charge is 0.326 e. The van der Waals surface area contributed by atoms with Crippen LogP contribution < -0.4 is 5.32 Å². The van der Waals surface area contributed by atoms with Crippen molar-refractivity contribution >= 4 is 35.0 Å². The summed E-state index contributed by atoms with van der Waals surface area (Å²) in [6, 6.07) is 17.7. The van der Waals surface area contributed by atoms with Crippen molar-refractivity contribution in [2.45, 2.75) is 77.7 Å². The molecule has 0 fully saturated rings. The molecule has 0 saturated heterocycles. The topological polar surface area (TPSA) is 147 Å². The van der Waals surface area contributed by atoms with E-state index in [2.05, 4.69) is 60.3 Å². The zero-order chi connectivity index (χ0) is 34.5. The van der Waals surface area contributed by atoms with Crippen LogP contribution in [0, 0.1) is 5.92 Å². The molecule has 0 radical (unpaired) electrons. The number of aliphatic carboxylic acids is 2. The third-order valence-corrected chi connectivity index (χ3v) is 9.40. The number of Topliss-reactive ketones (excluding diaryl/α,β-unsaturated/α-hetero) is 1. The van der Waals surface area contributed by atoms with Gasteiger partial charge < -0.3 is 15.5 Å². The van der Waals surface area contributed by atoms with Crippen molar-refractivity contribution in [3.63, 3.8) is 0 Å². The van der Waals surface area contributed by atoms with Crippen molar-refractivity contribution in [3.05, 3.63) is 93.9 Å². The highest BCUT2D eigenvalue weighted by Crippen LogP contribution is 2.31. The van der Waals surface area contributed by atoms with Crippen LogP contribution in [0.2, 0.25) is 0 Å². The Morgan fingerprint density at radius 2 is 1.34 bits per heavy atom. The van der Waals surface area contributed by atoms with Gasteiger partial charge in [-0.15, -0.1) is 11.3 Å². The van der Waals surface area contributed by atoms with E-state index >= 15 is 0 Å². The van der Waals surface area contributed by atoms with Crippen molar-refractivity contribution in [3.8, 4) is 22.5 Å². The zero-order valence-corrected chi connectivity index (χ0v) is 28.4. The first-order valence-corrected chi connectivity index (χ1v) is 16.2. The average Bonchev–Trinajstić information content (AvgIpc) is 3.52. The number of rotatable bonds is 12. The molecule has 0 aliphatic rings. The van der Waals surface area contributed by atoms with E-state index in [1.807, 2.05) is 51.1 Å². The number of aromatic nitrogens is 2. The highest BCUT2D eigenvalue weighted by atomic mass is 32.1. The summed E-state index contributed by atoms with van der Waals surface area (Å²) in [6.45, 7) is 12.7. The number of nitrogens with one attached hydrogen (secondary N) is 1. The maximum Gasteiger partial charge on any atom is 0.326 e. The van der Waals surface area contributed by atoms with E-state index in [0.717, 1.165) is 27.1 Å². The Kier molecular flexibility index (Phi) is 10.8. The third kappa shape index (κ3) is 9.42. The molecule has 0 aliphatic carbocycles. The van der Waals surface area contributed by atoms with Crippen molar-refractivity contribution < 1.29 is 29.4 Å². The first-order valence-electron chi connectivity index (χ1n) is 15.4. The molecular formula is C37H41N3O6S. The fraction of sp³-hybridized carbons (Fsp3) is 0.351. The van der Waals surface area contributed by atoms with Crippen LogP contribution >= 0.6 is 11.3 Å². The molecule has 0 aliphatic heterocycles. The second-order valence-corrected chi connectivity index (χ2v) is 14.8. The Morgan fingerprint density at radius 1 is 0.745 bits per heavy atom. The number of hydrogen-bond acceptors (Lipinski definition) is 7. The summed E-state index contributed by atoms with van der Waals surface area (Å²) in [5, 5.41) is 21.0. The summed E-state index contributed by atoms with van der Waals surface area (Å²) in [7, 11) is 0. The van der Waals surface area contributed by atoms with Crippen molar-refractivity contribution in [1.29, 1.82) is 0 Å². The molecule has 246 valence electrons. The lowest BCUT2D eigenvalue weighted by Crippen LogP contribution is -2.45. The minimum atomic E-state index is -1.62. The van der Waals surface area contributed by atoms with Gasteiger partial charge in [0.2, 0.25) is 5.91 Å². The first kappa shape index (κ1) is 35.2. The predicted octanol–water partition coefficient (Wildman–Crippen LogP) is 6.94. The van der Waals surface area contributed by atoms with Crippen molar-refractivity contribution in [2.75, 3.05) is 0 Å². The Labute approximate surface area is 279 Å². The van der Waals surface area contributed by atoms with E-state index in [9.17, 15) is 24.3 Å². The second-order valence-electron chi connectivity index (χ2n) is 13.8. The van der Waals surface area contributed by atoms with Gasteiger partial charge in [0, 0.05) is 40.7 Å². The number of nitrogens with zero attached hydrogens (tertiary/aromatic N) is 2. The van der Waals surface area contributed by atoms with E-state index in [0.29, 0.717) is 10.7 Å². The fourth-order valence-electron chi connectivity index (χ4n) is 5.00. The molecule has 47 heavy (non-hydrogen) atoms. The molecule has 0 unspecified atom stereocenters. The van der Waals surface area contributed by atoms with Crippen molar-refractivity contribution in [2.24, 2.45) is 5.92 Å². The number of carboxylic acids is 2. The summed E-state index contributed by atoms with van der Waals surface area (Å²) in [4.78, 5) is 60.2. The Morgan fingerprint density at radius 3 is 1.85 bits per heavy atom. The standard InChI is InChI=1S/C37H41N3O6S/c1-36(2,3)27-13-11-23(12-14-27)26-20-38-33(39-21-26)24-9-7-22(8-10-24)17-25(34(44)40-28(35(45)46)19-32(42)43)18-29(41)30-15-16-31(47-30)37(4,5)6/h7-16,20-21,25,28H,17-19H2,1-6H3,(H,40,44)(H,42,43)(H,45,46)/t25-,28-/m1/s1. The normalized spacial score (nSPS) is 13.1. The average molecular weight is 656 g/mol. The molecule has 2 heterocycles. The van der Waals surface area contributed by atoms with Crippen LogP contribution in [0.1, 0.15) is 80.1 Å². The molecular weight excluding hydrogens is 614 g/mol. The Hall–Kier alpha value is -4.70. The fourth-order valence-corrected chi connectivity index (χ4v) is 6.01. The van der Waals surface area contributed by atoms with Crippen LogP contribution in [-0.2, 0) is 31.6 Å². The monoisotopic (exact) mass is 655 g/mol. The van der Waals surface area contributed by atoms with E-state index in [1.165, 1.54) is 16.9 Å². The van der Waals surface area contributed by atoms with E-state index in [-0.39, 0.29) is 29.5 Å². The molecule has 2 aromatic heterocycles. The van der Waals surface area contributed by atoms with Gasteiger partial charge in [-0.3, -0.25) is 14.4 Å². The molecule has 2 aromatic carbocycles. The molecule has 3 N–H and O–H groups in total. The van der Waals surface area contributed by atoms with Crippen LogP contribution in [0.3, 0.4) is 0 Å². The number of carbonyl (C=O) groups is 4. The van der Waals surface area contributed by atoms with Crippen LogP contribution in [0.25, 0.3) is 22.5 Å². The van der Waals surface area contributed by atoms with Crippen LogP contribution in [0.5, 0.6) is 0 Å². The van der Waals surface area contributed by atoms with E-state index in [1.54, 1.807) is 18.5 Å². The van der Waals surface area contributed by atoms with Crippen molar-refractivity contribution in [1.82, 2.24) is 15.3 Å². The molecule has 4 rings (SSSR count). The van der Waals surface area contributed by atoms with Crippen LogP contribution in [0.4, 0.5) is 0 Å². The Bertz CT molecular complexity index is 1730. The summed E-state index contributed by atoms with van der Waals surface area (Å²) in [6.07, 6.45) is 2.74. The van der Waals surface area contributed by atoms with Gasteiger partial charge in [0.15, 0.2) is 11.6 Å². The maximum atomic E-state index is 13.3. The van der Waals surface area contributed by atoms with Gasteiger partial charge in [0.25, 0.3) is 0 Å². The van der Waals surface area contributed by atoms with Gasteiger partial charge in [0.05, 0.1) is 11.3 Å². The van der Waals surface area contributed by atoms with Crippen LogP contribution in [-0.4, -0.2) is 49.9 Å². The SMILES string of the molecule is CC(C)(C)c1ccc(-c2cnc(-c3ccc(C[C@H](CC(=O)c4ccc(C(C)(C)C)s4)C(=O)N[C@H](CC(=O)O)C(=O)O)cc3)nc2)cc1. The summed E-state index contributed by atoms with van der Waals surface area (Å²) in [5.41, 5.74) is 4.58. The van der Waals surface area contributed by atoms with Crippen LogP contribution in [0.15, 0.2) is 73.1 Å². The van der Waals surface area contributed by atoms with Gasteiger partial charge in [-0.1, -0.05) is 90.1 Å². The number of carbonyl (C=O) groups excluding carboxylic acids is 2. The number of ketones is 1. The lowest BCUT2D eigenvalue weighted by Gasteiger charge is -2.19. The molecule has 2 atom stereocenters. The molecule has 9 nitrogen and oxygen atoms in total. The summed E-state index contributed by atoms with van der Waals surface area (Å²) in [5.74, 6) is -4.16. The minimum absolute atomic E-state index is 0.0614. The zero-order valence-electron chi connectivity index (χ0n) is 27.5.